The van der Waals surface area contributed by atoms with Crippen LogP contribution in [0.1, 0.15) is 12.8 Å². The minimum absolute atomic E-state index is 0.0154. The Morgan fingerprint density at radius 3 is 3.00 bits per heavy atom. The number of hydrogen-bond donors (Lipinski definition) is 0. The highest BCUT2D eigenvalue weighted by atomic mass is 16.7. The van der Waals surface area contributed by atoms with E-state index in [0.717, 1.165) is 13.0 Å². The van der Waals surface area contributed by atoms with Crippen LogP contribution in [0.15, 0.2) is 0 Å². The van der Waals surface area contributed by atoms with Gasteiger partial charge in [0.15, 0.2) is 6.29 Å². The summed E-state index contributed by atoms with van der Waals surface area (Å²) in [6.45, 7) is 1.30. The molecular weight excluding hydrogens is 118 g/mol. The van der Waals surface area contributed by atoms with Gasteiger partial charge in [-0.3, -0.25) is 0 Å². The van der Waals surface area contributed by atoms with Crippen molar-refractivity contribution in [1.29, 1.82) is 5.26 Å². The topological polar surface area (TPSA) is 42.2 Å². The van der Waals surface area contributed by atoms with Crippen molar-refractivity contribution in [2.45, 2.75) is 19.1 Å². The van der Waals surface area contributed by atoms with E-state index in [2.05, 4.69) is 0 Å². The van der Waals surface area contributed by atoms with Crippen molar-refractivity contribution >= 4 is 0 Å². The summed E-state index contributed by atoms with van der Waals surface area (Å²) in [5.41, 5.74) is 0. The van der Waals surface area contributed by atoms with Gasteiger partial charge in [0.05, 0.1) is 25.7 Å². The molecule has 1 rings (SSSR count). The summed E-state index contributed by atoms with van der Waals surface area (Å²) in [6, 6.07) is 1.99. The van der Waals surface area contributed by atoms with Crippen molar-refractivity contribution in [3.05, 3.63) is 0 Å². The molecule has 1 aliphatic heterocycles. The number of hydrogen-bond acceptors (Lipinski definition) is 3. The number of nitriles is 1. The van der Waals surface area contributed by atoms with Crippen molar-refractivity contribution in [3.63, 3.8) is 0 Å². The summed E-state index contributed by atoms with van der Waals surface area (Å²) in [5, 5.41) is 8.10. The summed E-state index contributed by atoms with van der Waals surface area (Å²) in [6.07, 6.45) is 1.42. The Morgan fingerprint density at radius 2 is 2.56 bits per heavy atom. The van der Waals surface area contributed by atoms with E-state index in [-0.39, 0.29) is 6.29 Å². The van der Waals surface area contributed by atoms with Gasteiger partial charge < -0.3 is 9.47 Å². The van der Waals surface area contributed by atoms with Gasteiger partial charge in [-0.15, -0.1) is 0 Å². The summed E-state index contributed by atoms with van der Waals surface area (Å²) in [7, 11) is 0. The third kappa shape index (κ3) is 2.00. The van der Waals surface area contributed by atoms with Gasteiger partial charge in [0.1, 0.15) is 0 Å². The van der Waals surface area contributed by atoms with Gasteiger partial charge in [0.25, 0.3) is 0 Å². The SMILES string of the molecule is N#CCCOC1CCO1. The van der Waals surface area contributed by atoms with Gasteiger partial charge in [0.2, 0.25) is 0 Å². The van der Waals surface area contributed by atoms with Gasteiger partial charge in [-0.05, 0) is 0 Å². The molecule has 1 aliphatic rings. The van der Waals surface area contributed by atoms with Crippen LogP contribution >= 0.6 is 0 Å². The fourth-order valence-electron chi connectivity index (χ4n) is 0.582. The lowest BCUT2D eigenvalue weighted by Crippen LogP contribution is -2.29. The lowest BCUT2D eigenvalue weighted by atomic mass is 10.3. The monoisotopic (exact) mass is 127 g/mol. The third-order valence-electron chi connectivity index (χ3n) is 1.17. The second-order valence-corrected chi connectivity index (χ2v) is 1.87. The molecule has 0 N–H and O–H groups in total. The molecule has 0 aromatic carbocycles. The molecule has 0 radical (unpaired) electrons. The maximum atomic E-state index is 8.10. The zero-order chi connectivity index (χ0) is 6.53. The highest BCUT2D eigenvalue weighted by Crippen LogP contribution is 2.11. The zero-order valence-electron chi connectivity index (χ0n) is 5.17. The summed E-state index contributed by atoms with van der Waals surface area (Å²) in [5.74, 6) is 0. The molecule has 0 bridgehead atoms. The molecule has 0 amide bonds. The van der Waals surface area contributed by atoms with Crippen LogP contribution < -0.4 is 0 Å². The lowest BCUT2D eigenvalue weighted by Gasteiger charge is -2.25. The van der Waals surface area contributed by atoms with Crippen molar-refractivity contribution in [3.8, 4) is 6.07 Å². The molecule has 1 fully saturated rings. The Morgan fingerprint density at radius 1 is 1.78 bits per heavy atom. The molecule has 1 unspecified atom stereocenters. The molecule has 1 saturated heterocycles. The van der Waals surface area contributed by atoms with Crippen LogP contribution in [0.25, 0.3) is 0 Å². The fraction of sp³-hybridized carbons (Fsp3) is 0.833. The Hall–Kier alpha value is -0.590. The van der Waals surface area contributed by atoms with Crippen LogP contribution in [0.3, 0.4) is 0 Å². The highest BCUT2D eigenvalue weighted by Gasteiger charge is 2.17. The second-order valence-electron chi connectivity index (χ2n) is 1.87. The summed E-state index contributed by atoms with van der Waals surface area (Å²) < 4.78 is 10.0. The van der Waals surface area contributed by atoms with E-state index in [4.69, 9.17) is 14.7 Å². The van der Waals surface area contributed by atoms with Crippen LogP contribution in [-0.4, -0.2) is 19.5 Å². The zero-order valence-corrected chi connectivity index (χ0v) is 5.17. The van der Waals surface area contributed by atoms with Gasteiger partial charge >= 0.3 is 0 Å². The minimum Gasteiger partial charge on any atom is -0.352 e. The molecule has 0 aromatic heterocycles. The first-order valence-electron chi connectivity index (χ1n) is 3.03. The quantitative estimate of drug-likeness (QED) is 0.523. The lowest BCUT2D eigenvalue weighted by molar-refractivity contribution is -0.213. The van der Waals surface area contributed by atoms with E-state index in [9.17, 15) is 0 Å². The number of nitrogens with zero attached hydrogens (tertiary/aromatic N) is 1. The molecule has 3 nitrogen and oxygen atoms in total. The molecule has 0 aromatic rings. The van der Waals surface area contributed by atoms with Gasteiger partial charge in [-0.2, -0.15) is 5.26 Å². The predicted molar refractivity (Wildman–Crippen MR) is 30.5 cm³/mol. The first kappa shape index (κ1) is 6.53. The number of rotatable bonds is 3. The minimum atomic E-state index is -0.0154. The van der Waals surface area contributed by atoms with E-state index in [0.29, 0.717) is 13.0 Å². The molecule has 50 valence electrons. The van der Waals surface area contributed by atoms with E-state index in [1.54, 1.807) is 0 Å². The normalized spacial score (nSPS) is 24.6. The highest BCUT2D eigenvalue weighted by molar-refractivity contribution is 4.68. The van der Waals surface area contributed by atoms with E-state index < -0.39 is 0 Å². The standard InChI is InChI=1S/C6H9NO2/c7-3-1-4-8-6-2-5-9-6/h6H,1-2,4-5H2. The molecule has 1 heterocycles. The molecule has 0 aliphatic carbocycles. The van der Waals surface area contributed by atoms with Crippen LogP contribution in [0.5, 0.6) is 0 Å². The first-order chi connectivity index (χ1) is 4.43. The Kier molecular flexibility index (Phi) is 2.49. The van der Waals surface area contributed by atoms with Crippen LogP contribution in [0.2, 0.25) is 0 Å². The third-order valence-corrected chi connectivity index (χ3v) is 1.17. The largest absolute Gasteiger partial charge is 0.352 e. The molecule has 1 atom stereocenters. The molecular formula is C6H9NO2. The number of ether oxygens (including phenoxy) is 2. The van der Waals surface area contributed by atoms with Crippen LogP contribution in [0, 0.1) is 11.3 Å². The van der Waals surface area contributed by atoms with Gasteiger partial charge in [-0.1, -0.05) is 0 Å². The summed E-state index contributed by atoms with van der Waals surface area (Å²) in [4.78, 5) is 0. The Balaban J connectivity index is 1.87. The fourth-order valence-corrected chi connectivity index (χ4v) is 0.582. The summed E-state index contributed by atoms with van der Waals surface area (Å²) >= 11 is 0. The van der Waals surface area contributed by atoms with E-state index >= 15 is 0 Å². The Bertz CT molecular complexity index is 115. The molecule has 0 spiro atoms. The van der Waals surface area contributed by atoms with Crippen molar-refractivity contribution < 1.29 is 9.47 Å². The van der Waals surface area contributed by atoms with Gasteiger partial charge in [-0.25, -0.2) is 0 Å². The van der Waals surface area contributed by atoms with Crippen molar-refractivity contribution in [2.24, 2.45) is 0 Å². The second kappa shape index (κ2) is 3.44. The smallest absolute Gasteiger partial charge is 0.159 e. The predicted octanol–water partition coefficient (Wildman–Crippen LogP) is 0.663. The molecule has 0 saturated carbocycles. The average Bonchev–Trinajstić information content (AvgIpc) is 1.76. The molecule has 9 heavy (non-hydrogen) atoms. The van der Waals surface area contributed by atoms with Crippen LogP contribution in [-0.2, 0) is 9.47 Å². The maximum absolute atomic E-state index is 8.10. The molecule has 3 heteroatoms. The van der Waals surface area contributed by atoms with Crippen molar-refractivity contribution in [1.82, 2.24) is 0 Å². The maximum Gasteiger partial charge on any atom is 0.159 e. The van der Waals surface area contributed by atoms with Gasteiger partial charge in [0, 0.05) is 6.42 Å². The Labute approximate surface area is 54.2 Å². The van der Waals surface area contributed by atoms with E-state index in [1.807, 2.05) is 6.07 Å². The van der Waals surface area contributed by atoms with E-state index in [1.165, 1.54) is 0 Å². The first-order valence-corrected chi connectivity index (χ1v) is 3.03. The van der Waals surface area contributed by atoms with Crippen LogP contribution in [0.4, 0.5) is 0 Å². The average molecular weight is 127 g/mol. The van der Waals surface area contributed by atoms with Crippen molar-refractivity contribution in [2.75, 3.05) is 13.2 Å².